The predicted molar refractivity (Wildman–Crippen MR) is 32.0 cm³/mol. The SMILES string of the molecule is C[C-](C)C.[Cl][Zr][Cl]. The van der Waals surface area contributed by atoms with E-state index in [0.29, 0.717) is 0 Å². The van der Waals surface area contributed by atoms with Crippen LogP contribution < -0.4 is 0 Å². The molecule has 0 bridgehead atoms. The molecule has 3 heteroatoms. The van der Waals surface area contributed by atoms with Crippen molar-refractivity contribution in [1.29, 1.82) is 0 Å². The van der Waals surface area contributed by atoms with E-state index in [-0.39, 0.29) is 0 Å². The van der Waals surface area contributed by atoms with E-state index in [1.165, 1.54) is 5.92 Å². The molecular formula is C4H9Cl2Zr-. The molecular weight excluding hydrogens is 210 g/mol. The van der Waals surface area contributed by atoms with E-state index in [2.05, 4.69) is 20.8 Å². The van der Waals surface area contributed by atoms with Crippen molar-refractivity contribution in [1.82, 2.24) is 0 Å². The Balaban J connectivity index is 0. The van der Waals surface area contributed by atoms with Crippen LogP contribution >= 0.6 is 17.0 Å². The molecule has 0 fully saturated rings. The standard InChI is InChI=1S/C4H9.2ClH.Zr/c1-4(2)3;;;/h1-3H3;2*1H;/q-1;;;+2/p-2. The first-order valence-electron chi connectivity index (χ1n) is 1.88. The summed E-state index contributed by atoms with van der Waals surface area (Å²) in [6.07, 6.45) is 0. The summed E-state index contributed by atoms with van der Waals surface area (Å²) < 4.78 is 0. The molecule has 44 valence electrons. The number of hydrogen-bond acceptors (Lipinski definition) is 0. The van der Waals surface area contributed by atoms with Gasteiger partial charge in [-0.3, -0.25) is 0 Å². The molecule has 0 aromatic rings. The average molecular weight is 219 g/mol. The Kier molecular flexibility index (Phi) is 16.8. The molecule has 0 aliphatic heterocycles. The average Bonchev–Trinajstić information content (AvgIpc) is 1.33. The third-order valence-corrected chi connectivity index (χ3v) is 0. The van der Waals surface area contributed by atoms with Gasteiger partial charge in [0.2, 0.25) is 0 Å². The van der Waals surface area contributed by atoms with Crippen molar-refractivity contribution in [2.75, 3.05) is 0 Å². The second kappa shape index (κ2) is 10.4. The molecule has 0 aromatic carbocycles. The van der Waals surface area contributed by atoms with Crippen LogP contribution in [0.4, 0.5) is 0 Å². The van der Waals surface area contributed by atoms with Crippen molar-refractivity contribution in [3.05, 3.63) is 5.92 Å². The maximum atomic E-state index is 4.93. The van der Waals surface area contributed by atoms with Crippen molar-refractivity contribution >= 4 is 17.0 Å². The Morgan fingerprint density at radius 3 is 1.14 bits per heavy atom. The molecule has 0 saturated carbocycles. The quantitative estimate of drug-likeness (QED) is 0.549. The molecule has 0 atom stereocenters. The van der Waals surface area contributed by atoms with Crippen LogP contribution in [0.3, 0.4) is 0 Å². The molecule has 0 aliphatic rings. The van der Waals surface area contributed by atoms with Crippen molar-refractivity contribution < 1.29 is 20.8 Å². The molecule has 7 heavy (non-hydrogen) atoms. The molecule has 0 aliphatic carbocycles. The van der Waals surface area contributed by atoms with E-state index < -0.39 is 20.8 Å². The first-order valence-corrected chi connectivity index (χ1v) is 8.21. The normalized spacial score (nSPS) is 7.14. The van der Waals surface area contributed by atoms with Crippen molar-refractivity contribution in [2.24, 2.45) is 0 Å². The number of halogens is 2. The number of rotatable bonds is 0. The molecule has 0 aromatic heterocycles. The van der Waals surface area contributed by atoms with Gasteiger partial charge in [-0.05, 0) is 0 Å². The van der Waals surface area contributed by atoms with Gasteiger partial charge in [-0.15, -0.1) is 0 Å². The third-order valence-electron chi connectivity index (χ3n) is 0. The van der Waals surface area contributed by atoms with E-state index >= 15 is 0 Å². The summed E-state index contributed by atoms with van der Waals surface area (Å²) >= 11 is -0.826. The zero-order valence-electron chi connectivity index (χ0n) is 4.76. The topological polar surface area (TPSA) is 0 Å². The zero-order chi connectivity index (χ0) is 6.28. The van der Waals surface area contributed by atoms with Crippen LogP contribution in [0.15, 0.2) is 0 Å². The summed E-state index contributed by atoms with van der Waals surface area (Å²) in [4.78, 5) is 0. The third kappa shape index (κ3) is 104. The minimum absolute atomic E-state index is 0.826. The molecule has 0 saturated heterocycles. The van der Waals surface area contributed by atoms with E-state index in [4.69, 9.17) is 17.0 Å². The van der Waals surface area contributed by atoms with Gasteiger partial charge in [0.05, 0.1) is 0 Å². The summed E-state index contributed by atoms with van der Waals surface area (Å²) in [6, 6.07) is 0. The van der Waals surface area contributed by atoms with Crippen molar-refractivity contribution in [3.8, 4) is 0 Å². The first kappa shape index (κ1) is 11.3. The zero-order valence-corrected chi connectivity index (χ0v) is 8.73. The second-order valence-electron chi connectivity index (χ2n) is 1.57. The van der Waals surface area contributed by atoms with Gasteiger partial charge in [-0.1, -0.05) is 0 Å². The van der Waals surface area contributed by atoms with Gasteiger partial charge in [0.25, 0.3) is 0 Å². The summed E-state index contributed by atoms with van der Waals surface area (Å²) in [7, 11) is 9.87. The molecule has 0 heterocycles. The number of hydrogen-bond donors (Lipinski definition) is 0. The van der Waals surface area contributed by atoms with E-state index in [9.17, 15) is 0 Å². The summed E-state index contributed by atoms with van der Waals surface area (Å²) in [5.41, 5.74) is 0. The Bertz CT molecular complexity index is 20.9. The van der Waals surface area contributed by atoms with Crippen LogP contribution in [0.25, 0.3) is 0 Å². The molecule has 0 unspecified atom stereocenters. The van der Waals surface area contributed by atoms with Crippen LogP contribution in [0, 0.1) is 5.92 Å². The predicted octanol–water partition coefficient (Wildman–Crippen LogP) is 3.00. The molecule has 0 spiro atoms. The van der Waals surface area contributed by atoms with Crippen LogP contribution in [0.5, 0.6) is 0 Å². The summed E-state index contributed by atoms with van der Waals surface area (Å²) in [5, 5.41) is 0. The second-order valence-corrected chi connectivity index (χ2v) is 5.30. The van der Waals surface area contributed by atoms with Crippen LogP contribution in [0.1, 0.15) is 20.8 Å². The fraction of sp³-hybridized carbons (Fsp3) is 0.750. The van der Waals surface area contributed by atoms with E-state index in [1.807, 2.05) is 0 Å². The Labute approximate surface area is 64.2 Å². The van der Waals surface area contributed by atoms with Gasteiger partial charge in [0.15, 0.2) is 0 Å². The Morgan fingerprint density at radius 1 is 1.14 bits per heavy atom. The van der Waals surface area contributed by atoms with Gasteiger partial charge < -0.3 is 5.92 Å². The van der Waals surface area contributed by atoms with E-state index in [0.717, 1.165) is 0 Å². The molecule has 0 nitrogen and oxygen atoms in total. The van der Waals surface area contributed by atoms with Crippen LogP contribution in [-0.4, -0.2) is 0 Å². The van der Waals surface area contributed by atoms with Crippen molar-refractivity contribution in [3.63, 3.8) is 0 Å². The minimum atomic E-state index is -0.826. The van der Waals surface area contributed by atoms with Crippen LogP contribution in [-0.2, 0) is 20.8 Å². The monoisotopic (exact) mass is 217 g/mol. The van der Waals surface area contributed by atoms with E-state index in [1.54, 1.807) is 0 Å². The van der Waals surface area contributed by atoms with Gasteiger partial charge >= 0.3 is 37.9 Å². The summed E-state index contributed by atoms with van der Waals surface area (Å²) in [6.45, 7) is 6.25. The van der Waals surface area contributed by atoms with Gasteiger partial charge in [0.1, 0.15) is 0 Å². The van der Waals surface area contributed by atoms with Gasteiger partial charge in [-0.2, -0.15) is 20.8 Å². The van der Waals surface area contributed by atoms with Gasteiger partial charge in [-0.25, -0.2) is 0 Å². The molecule has 0 amide bonds. The Morgan fingerprint density at radius 2 is 1.14 bits per heavy atom. The fourth-order valence-electron chi connectivity index (χ4n) is 0. The van der Waals surface area contributed by atoms with Gasteiger partial charge in [0, 0.05) is 0 Å². The fourth-order valence-corrected chi connectivity index (χ4v) is 0. The molecule has 0 radical (unpaired) electrons. The summed E-state index contributed by atoms with van der Waals surface area (Å²) in [5.74, 6) is 1.42. The first-order chi connectivity index (χ1) is 3.15. The maximum absolute atomic E-state index is 4.93. The molecule has 0 rings (SSSR count). The van der Waals surface area contributed by atoms with Crippen LogP contribution in [0.2, 0.25) is 0 Å². The Hall–Kier alpha value is 1.46. The van der Waals surface area contributed by atoms with Crippen molar-refractivity contribution in [2.45, 2.75) is 20.8 Å². The molecule has 0 N–H and O–H groups in total.